The Kier molecular flexibility index (Phi) is 5.63. The molecule has 5 heteroatoms. The molecule has 2 N–H and O–H groups in total. The fraction of sp³-hybridized carbons (Fsp3) is 0.438. The minimum atomic E-state index is 0.0883. The molecule has 0 bridgehead atoms. The summed E-state index contributed by atoms with van der Waals surface area (Å²) in [6, 6.07) is 5.95. The third-order valence-corrected chi connectivity index (χ3v) is 3.19. The molecular formula is C16H23N3O2. The fourth-order valence-electron chi connectivity index (χ4n) is 2.18. The molecule has 1 heterocycles. The zero-order chi connectivity index (χ0) is 15.1. The van der Waals surface area contributed by atoms with E-state index < -0.39 is 0 Å². The van der Waals surface area contributed by atoms with Crippen LogP contribution in [-0.4, -0.2) is 29.3 Å². The molecule has 0 radical (unpaired) electrons. The number of benzene rings is 1. The van der Waals surface area contributed by atoms with E-state index in [9.17, 15) is 0 Å². The van der Waals surface area contributed by atoms with Crippen molar-refractivity contribution in [3.8, 4) is 11.5 Å². The van der Waals surface area contributed by atoms with Crippen LogP contribution >= 0.6 is 0 Å². The van der Waals surface area contributed by atoms with Gasteiger partial charge in [-0.15, -0.1) is 0 Å². The summed E-state index contributed by atoms with van der Waals surface area (Å²) < 4.78 is 13.2. The molecule has 5 nitrogen and oxygen atoms in total. The third-order valence-electron chi connectivity index (χ3n) is 3.19. The predicted octanol–water partition coefficient (Wildman–Crippen LogP) is 2.25. The normalized spacial score (nSPS) is 12.1. The molecule has 0 aliphatic rings. The number of methoxy groups -OCH3 is 1. The monoisotopic (exact) mass is 289 g/mol. The minimum Gasteiger partial charge on any atom is -0.497 e. The molecule has 1 aromatic heterocycles. The topological polar surface area (TPSA) is 62.3 Å². The van der Waals surface area contributed by atoms with E-state index in [1.807, 2.05) is 42.2 Å². The summed E-state index contributed by atoms with van der Waals surface area (Å²) in [5.74, 6) is 1.72. The number of rotatable bonds is 8. The average Bonchev–Trinajstić information content (AvgIpc) is 2.97. The van der Waals surface area contributed by atoms with Crippen LogP contribution in [0.2, 0.25) is 0 Å². The maximum atomic E-state index is 5.90. The van der Waals surface area contributed by atoms with Crippen molar-refractivity contribution in [3.63, 3.8) is 0 Å². The third kappa shape index (κ3) is 4.79. The van der Waals surface area contributed by atoms with E-state index >= 15 is 0 Å². The van der Waals surface area contributed by atoms with Gasteiger partial charge in [0.25, 0.3) is 0 Å². The van der Waals surface area contributed by atoms with Gasteiger partial charge >= 0.3 is 0 Å². The lowest BCUT2D eigenvalue weighted by molar-refractivity contribution is 0.297. The van der Waals surface area contributed by atoms with Crippen molar-refractivity contribution >= 4 is 0 Å². The molecule has 1 aromatic carbocycles. The molecule has 114 valence electrons. The Morgan fingerprint density at radius 1 is 1.38 bits per heavy atom. The molecule has 0 saturated carbocycles. The van der Waals surface area contributed by atoms with Gasteiger partial charge in [-0.3, -0.25) is 0 Å². The molecule has 21 heavy (non-hydrogen) atoms. The molecule has 0 amide bonds. The van der Waals surface area contributed by atoms with Gasteiger partial charge in [0.05, 0.1) is 20.0 Å². The lowest BCUT2D eigenvalue weighted by Crippen LogP contribution is -2.18. The first-order valence-electron chi connectivity index (χ1n) is 7.20. The van der Waals surface area contributed by atoms with Crippen LogP contribution in [0.25, 0.3) is 0 Å². The number of nitrogens with zero attached hydrogens (tertiary/aromatic N) is 2. The highest BCUT2D eigenvalue weighted by Crippen LogP contribution is 2.25. The number of aromatic nitrogens is 2. The van der Waals surface area contributed by atoms with Gasteiger partial charge in [0.15, 0.2) is 0 Å². The zero-order valence-corrected chi connectivity index (χ0v) is 12.7. The van der Waals surface area contributed by atoms with Gasteiger partial charge in [0, 0.05) is 25.0 Å². The Morgan fingerprint density at radius 3 is 2.90 bits per heavy atom. The molecule has 0 spiro atoms. The number of hydrogen-bond acceptors (Lipinski definition) is 4. The summed E-state index contributed by atoms with van der Waals surface area (Å²) >= 11 is 0. The maximum absolute atomic E-state index is 5.90. The molecule has 1 atom stereocenters. The Morgan fingerprint density at radius 2 is 2.24 bits per heavy atom. The van der Waals surface area contributed by atoms with Crippen LogP contribution in [0.1, 0.15) is 18.9 Å². The molecular weight excluding hydrogens is 266 g/mol. The second kappa shape index (κ2) is 7.69. The van der Waals surface area contributed by atoms with Gasteiger partial charge in [-0.25, -0.2) is 4.98 Å². The number of hydrogen-bond donors (Lipinski definition) is 1. The summed E-state index contributed by atoms with van der Waals surface area (Å²) in [4.78, 5) is 4.02. The first-order chi connectivity index (χ1) is 10.2. The van der Waals surface area contributed by atoms with E-state index in [1.54, 1.807) is 13.3 Å². The van der Waals surface area contributed by atoms with Gasteiger partial charge < -0.3 is 19.8 Å². The molecule has 1 unspecified atom stereocenters. The summed E-state index contributed by atoms with van der Waals surface area (Å²) in [7, 11) is 1.66. The van der Waals surface area contributed by atoms with Crippen molar-refractivity contribution in [2.24, 2.45) is 5.73 Å². The molecule has 0 fully saturated rings. The van der Waals surface area contributed by atoms with E-state index in [2.05, 4.69) is 4.98 Å². The van der Waals surface area contributed by atoms with Gasteiger partial charge in [-0.1, -0.05) is 0 Å². The molecule has 2 rings (SSSR count). The summed E-state index contributed by atoms with van der Waals surface area (Å²) in [6.45, 7) is 3.55. The van der Waals surface area contributed by atoms with Gasteiger partial charge in [-0.2, -0.15) is 0 Å². The van der Waals surface area contributed by atoms with Crippen LogP contribution in [0.5, 0.6) is 11.5 Å². The van der Waals surface area contributed by atoms with E-state index in [-0.39, 0.29) is 6.04 Å². The first-order valence-corrected chi connectivity index (χ1v) is 7.20. The summed E-state index contributed by atoms with van der Waals surface area (Å²) in [6.07, 6.45) is 7.25. The van der Waals surface area contributed by atoms with Crippen LogP contribution < -0.4 is 15.2 Å². The highest BCUT2D eigenvalue weighted by atomic mass is 16.5. The Balaban J connectivity index is 1.91. The second-order valence-electron chi connectivity index (χ2n) is 5.16. The lowest BCUT2D eigenvalue weighted by Gasteiger charge is -2.14. The van der Waals surface area contributed by atoms with Crippen molar-refractivity contribution in [3.05, 3.63) is 42.5 Å². The van der Waals surface area contributed by atoms with Crippen molar-refractivity contribution < 1.29 is 9.47 Å². The Bertz CT molecular complexity index is 538. The molecule has 0 aliphatic carbocycles. The van der Waals surface area contributed by atoms with Gasteiger partial charge in [0.1, 0.15) is 11.5 Å². The number of aryl methyl sites for hydroxylation is 1. The quantitative estimate of drug-likeness (QED) is 0.757. The Hall–Kier alpha value is -2.01. The highest BCUT2D eigenvalue weighted by molar-refractivity contribution is 5.40. The minimum absolute atomic E-state index is 0.0883. The number of ether oxygens (including phenoxy) is 2. The lowest BCUT2D eigenvalue weighted by atomic mass is 10.1. The molecule has 2 aromatic rings. The van der Waals surface area contributed by atoms with Crippen molar-refractivity contribution in [1.82, 2.24) is 9.55 Å². The second-order valence-corrected chi connectivity index (χ2v) is 5.16. The Labute approximate surface area is 125 Å². The van der Waals surface area contributed by atoms with E-state index in [4.69, 9.17) is 15.2 Å². The SMILES string of the molecule is COc1ccc(OCCCn2ccnc2)c(CC(C)N)c1. The fourth-order valence-corrected chi connectivity index (χ4v) is 2.18. The van der Waals surface area contributed by atoms with Gasteiger partial charge in [-0.05, 0) is 43.5 Å². The predicted molar refractivity (Wildman–Crippen MR) is 82.7 cm³/mol. The van der Waals surface area contributed by atoms with Crippen LogP contribution in [-0.2, 0) is 13.0 Å². The van der Waals surface area contributed by atoms with Crippen molar-refractivity contribution in [2.45, 2.75) is 32.4 Å². The van der Waals surface area contributed by atoms with E-state index in [1.165, 1.54) is 0 Å². The summed E-state index contributed by atoms with van der Waals surface area (Å²) in [5, 5.41) is 0. The van der Waals surface area contributed by atoms with Crippen LogP contribution in [0.3, 0.4) is 0 Å². The molecule has 0 aliphatic heterocycles. The van der Waals surface area contributed by atoms with E-state index in [0.29, 0.717) is 6.61 Å². The van der Waals surface area contributed by atoms with Gasteiger partial charge in [0.2, 0.25) is 0 Å². The van der Waals surface area contributed by atoms with Crippen LogP contribution in [0, 0.1) is 0 Å². The number of nitrogens with two attached hydrogens (primary N) is 1. The first kappa shape index (κ1) is 15.4. The maximum Gasteiger partial charge on any atom is 0.122 e. The average molecular weight is 289 g/mol. The van der Waals surface area contributed by atoms with Crippen LogP contribution in [0.4, 0.5) is 0 Å². The standard InChI is InChI=1S/C16H23N3O2/c1-13(17)10-14-11-15(20-2)4-5-16(14)21-9-3-7-19-8-6-18-12-19/h4-6,8,11-13H,3,7,9-10,17H2,1-2H3. The molecule has 0 saturated heterocycles. The highest BCUT2D eigenvalue weighted by Gasteiger charge is 2.08. The number of imidazole rings is 1. The van der Waals surface area contributed by atoms with E-state index in [0.717, 1.165) is 36.4 Å². The van der Waals surface area contributed by atoms with Crippen molar-refractivity contribution in [1.29, 1.82) is 0 Å². The largest absolute Gasteiger partial charge is 0.497 e. The van der Waals surface area contributed by atoms with Crippen LogP contribution in [0.15, 0.2) is 36.9 Å². The zero-order valence-electron chi connectivity index (χ0n) is 12.7. The van der Waals surface area contributed by atoms with Crippen molar-refractivity contribution in [2.75, 3.05) is 13.7 Å². The smallest absolute Gasteiger partial charge is 0.122 e. The summed E-state index contributed by atoms with van der Waals surface area (Å²) in [5.41, 5.74) is 6.99.